The van der Waals surface area contributed by atoms with Crippen LogP contribution in [0, 0.1) is 0 Å². The Morgan fingerprint density at radius 1 is 1.50 bits per heavy atom. The standard InChI is InChI=1S/C12H20N2O2/c1-3-11(15)9(2)13-6-7-14-10(8-13)4-5-12(14)16/h9-10H,3-8H2,1-2H3. The molecule has 2 heterocycles. The van der Waals surface area contributed by atoms with Crippen molar-refractivity contribution < 1.29 is 9.59 Å². The molecule has 90 valence electrons. The predicted octanol–water partition coefficient (Wildman–Crippen LogP) is 0.661. The Morgan fingerprint density at radius 2 is 2.25 bits per heavy atom. The van der Waals surface area contributed by atoms with Gasteiger partial charge in [-0.3, -0.25) is 14.5 Å². The minimum Gasteiger partial charge on any atom is -0.337 e. The molecule has 2 unspecified atom stereocenters. The van der Waals surface area contributed by atoms with Gasteiger partial charge < -0.3 is 4.90 Å². The molecule has 2 atom stereocenters. The molecule has 2 fully saturated rings. The lowest BCUT2D eigenvalue weighted by Gasteiger charge is -2.40. The van der Waals surface area contributed by atoms with Crippen LogP contribution in [0.3, 0.4) is 0 Å². The van der Waals surface area contributed by atoms with Crippen molar-refractivity contribution in [1.82, 2.24) is 9.80 Å². The number of piperazine rings is 1. The molecular formula is C12H20N2O2. The highest BCUT2D eigenvalue weighted by Gasteiger charge is 2.37. The summed E-state index contributed by atoms with van der Waals surface area (Å²) in [7, 11) is 0. The summed E-state index contributed by atoms with van der Waals surface area (Å²) in [5.74, 6) is 0.594. The summed E-state index contributed by atoms with van der Waals surface area (Å²) in [5.41, 5.74) is 0. The molecule has 2 rings (SSSR count). The second-order valence-electron chi connectivity index (χ2n) is 4.77. The fraction of sp³-hybridized carbons (Fsp3) is 0.833. The van der Waals surface area contributed by atoms with E-state index in [-0.39, 0.29) is 6.04 Å². The van der Waals surface area contributed by atoms with E-state index in [0.717, 1.165) is 26.1 Å². The Kier molecular flexibility index (Phi) is 3.28. The number of amides is 1. The van der Waals surface area contributed by atoms with Crippen LogP contribution in [0.25, 0.3) is 0 Å². The first-order valence-electron chi connectivity index (χ1n) is 6.19. The van der Waals surface area contributed by atoms with Gasteiger partial charge in [0.25, 0.3) is 0 Å². The summed E-state index contributed by atoms with van der Waals surface area (Å²) < 4.78 is 0. The topological polar surface area (TPSA) is 40.6 Å². The first kappa shape index (κ1) is 11.6. The minimum atomic E-state index is 0.0165. The quantitative estimate of drug-likeness (QED) is 0.707. The summed E-state index contributed by atoms with van der Waals surface area (Å²) in [5, 5.41) is 0. The average Bonchev–Trinajstić information content (AvgIpc) is 2.68. The highest BCUT2D eigenvalue weighted by molar-refractivity contribution is 5.83. The Balaban J connectivity index is 1.96. The molecule has 0 radical (unpaired) electrons. The molecule has 0 spiro atoms. The van der Waals surface area contributed by atoms with Crippen LogP contribution in [0.1, 0.15) is 33.1 Å². The normalized spacial score (nSPS) is 28.0. The van der Waals surface area contributed by atoms with E-state index in [1.807, 2.05) is 18.7 Å². The van der Waals surface area contributed by atoms with Crippen molar-refractivity contribution in [3.63, 3.8) is 0 Å². The van der Waals surface area contributed by atoms with Gasteiger partial charge in [0.1, 0.15) is 5.78 Å². The van der Waals surface area contributed by atoms with Gasteiger partial charge >= 0.3 is 0 Å². The third kappa shape index (κ3) is 1.98. The van der Waals surface area contributed by atoms with Gasteiger partial charge in [-0.1, -0.05) is 6.92 Å². The summed E-state index contributed by atoms with van der Waals surface area (Å²) >= 11 is 0. The van der Waals surface area contributed by atoms with E-state index in [2.05, 4.69) is 4.90 Å². The zero-order valence-electron chi connectivity index (χ0n) is 10.1. The van der Waals surface area contributed by atoms with Gasteiger partial charge in [0, 0.05) is 38.5 Å². The third-order valence-corrected chi connectivity index (χ3v) is 3.89. The second kappa shape index (κ2) is 4.53. The SMILES string of the molecule is CCC(=O)C(C)N1CCN2C(=O)CCC2C1. The molecule has 0 aromatic rings. The number of fused-ring (bicyclic) bond motifs is 1. The molecule has 0 aromatic heterocycles. The number of nitrogens with zero attached hydrogens (tertiary/aromatic N) is 2. The molecule has 0 aliphatic carbocycles. The molecule has 0 bridgehead atoms. The number of carbonyl (C=O) groups is 2. The lowest BCUT2D eigenvalue weighted by Crippen LogP contribution is -2.55. The molecule has 2 saturated heterocycles. The van der Waals surface area contributed by atoms with Crippen molar-refractivity contribution in [1.29, 1.82) is 0 Å². The van der Waals surface area contributed by atoms with E-state index >= 15 is 0 Å². The zero-order chi connectivity index (χ0) is 11.7. The van der Waals surface area contributed by atoms with Gasteiger partial charge in [0.05, 0.1) is 6.04 Å². The molecule has 0 aromatic carbocycles. The minimum absolute atomic E-state index is 0.0165. The van der Waals surface area contributed by atoms with Crippen LogP contribution in [0.2, 0.25) is 0 Å². The van der Waals surface area contributed by atoms with Gasteiger partial charge in [-0.2, -0.15) is 0 Å². The van der Waals surface area contributed by atoms with Crippen LogP contribution in [0.4, 0.5) is 0 Å². The number of hydrogen-bond acceptors (Lipinski definition) is 3. The maximum absolute atomic E-state index is 11.6. The molecule has 0 N–H and O–H groups in total. The van der Waals surface area contributed by atoms with Crippen molar-refractivity contribution in [3.05, 3.63) is 0 Å². The van der Waals surface area contributed by atoms with Crippen molar-refractivity contribution in [3.8, 4) is 0 Å². The van der Waals surface area contributed by atoms with E-state index in [0.29, 0.717) is 30.6 Å². The highest BCUT2D eigenvalue weighted by Crippen LogP contribution is 2.24. The maximum atomic E-state index is 11.6. The fourth-order valence-corrected chi connectivity index (χ4v) is 2.74. The molecule has 2 aliphatic rings. The van der Waals surface area contributed by atoms with E-state index in [1.165, 1.54) is 0 Å². The largest absolute Gasteiger partial charge is 0.337 e. The van der Waals surface area contributed by atoms with Gasteiger partial charge in [-0.05, 0) is 13.3 Å². The smallest absolute Gasteiger partial charge is 0.222 e. The van der Waals surface area contributed by atoms with Crippen molar-refractivity contribution in [2.45, 2.75) is 45.2 Å². The van der Waals surface area contributed by atoms with Gasteiger partial charge in [-0.25, -0.2) is 0 Å². The second-order valence-corrected chi connectivity index (χ2v) is 4.77. The van der Waals surface area contributed by atoms with Gasteiger partial charge in [-0.15, -0.1) is 0 Å². The number of ketones is 1. The van der Waals surface area contributed by atoms with E-state index in [1.54, 1.807) is 0 Å². The van der Waals surface area contributed by atoms with Crippen molar-refractivity contribution in [2.24, 2.45) is 0 Å². The van der Waals surface area contributed by atoms with Crippen LogP contribution in [0.15, 0.2) is 0 Å². The molecule has 0 saturated carbocycles. The van der Waals surface area contributed by atoms with Crippen molar-refractivity contribution in [2.75, 3.05) is 19.6 Å². The fourth-order valence-electron chi connectivity index (χ4n) is 2.74. The zero-order valence-corrected chi connectivity index (χ0v) is 10.1. The number of rotatable bonds is 3. The Labute approximate surface area is 96.6 Å². The highest BCUT2D eigenvalue weighted by atomic mass is 16.2. The van der Waals surface area contributed by atoms with Crippen LogP contribution < -0.4 is 0 Å². The van der Waals surface area contributed by atoms with E-state index in [9.17, 15) is 9.59 Å². The molecule has 4 nitrogen and oxygen atoms in total. The summed E-state index contributed by atoms with van der Waals surface area (Å²) in [6, 6.07) is 0.371. The first-order valence-corrected chi connectivity index (χ1v) is 6.19. The van der Waals surface area contributed by atoms with Gasteiger partial charge in [0.2, 0.25) is 5.91 Å². The predicted molar refractivity (Wildman–Crippen MR) is 61.1 cm³/mol. The number of hydrogen-bond donors (Lipinski definition) is 0. The lowest BCUT2D eigenvalue weighted by atomic mass is 10.1. The maximum Gasteiger partial charge on any atom is 0.222 e. The van der Waals surface area contributed by atoms with Crippen LogP contribution in [-0.2, 0) is 9.59 Å². The Hall–Kier alpha value is -0.900. The Bertz CT molecular complexity index is 303. The average molecular weight is 224 g/mol. The van der Waals surface area contributed by atoms with Crippen LogP contribution >= 0.6 is 0 Å². The lowest BCUT2D eigenvalue weighted by molar-refractivity contribution is -0.132. The first-order chi connectivity index (χ1) is 7.63. The summed E-state index contributed by atoms with van der Waals surface area (Å²) in [6.45, 7) is 6.41. The monoisotopic (exact) mass is 224 g/mol. The van der Waals surface area contributed by atoms with Crippen LogP contribution in [-0.4, -0.2) is 53.2 Å². The van der Waals surface area contributed by atoms with Crippen LogP contribution in [0.5, 0.6) is 0 Å². The molecule has 4 heteroatoms. The Morgan fingerprint density at radius 3 is 2.94 bits per heavy atom. The van der Waals surface area contributed by atoms with Crippen molar-refractivity contribution >= 4 is 11.7 Å². The molecular weight excluding hydrogens is 204 g/mol. The third-order valence-electron chi connectivity index (χ3n) is 3.89. The molecule has 1 amide bonds. The van der Waals surface area contributed by atoms with Gasteiger partial charge in [0.15, 0.2) is 0 Å². The molecule has 16 heavy (non-hydrogen) atoms. The van der Waals surface area contributed by atoms with E-state index in [4.69, 9.17) is 0 Å². The summed E-state index contributed by atoms with van der Waals surface area (Å²) in [6.07, 6.45) is 2.25. The number of carbonyl (C=O) groups excluding carboxylic acids is 2. The molecule has 2 aliphatic heterocycles. The van der Waals surface area contributed by atoms with E-state index < -0.39 is 0 Å². The summed E-state index contributed by atoms with van der Waals surface area (Å²) in [4.78, 5) is 27.4. The number of Topliss-reactive ketones (excluding diaryl/α,β-unsaturated/α-hetero) is 1.